The maximum atomic E-state index is 12.5. The van der Waals surface area contributed by atoms with Gasteiger partial charge in [-0.3, -0.25) is 0 Å². The van der Waals surface area contributed by atoms with Crippen LogP contribution in [0, 0.1) is 11.3 Å². The first-order chi connectivity index (χ1) is 14.9. The molecule has 3 aliphatic carbocycles. The van der Waals surface area contributed by atoms with E-state index in [0.717, 1.165) is 24.2 Å². The Kier molecular flexibility index (Phi) is 4.89. The maximum absolute atomic E-state index is 12.5. The summed E-state index contributed by atoms with van der Waals surface area (Å²) in [4.78, 5) is 12.5. The fraction of sp³-hybridized carbons (Fsp3) is 0.519. The molecule has 1 aliphatic heterocycles. The average molecular weight is 421 g/mol. The topological polar surface area (TPSA) is 48.1 Å². The number of allylic oxidation sites excluding steroid dienone is 3. The van der Waals surface area contributed by atoms with Crippen LogP contribution in [0.4, 0.5) is 0 Å². The normalized spacial score (nSPS) is 31.2. The lowest BCUT2D eigenvalue weighted by Crippen LogP contribution is -2.34. The molecule has 0 amide bonds. The second kappa shape index (κ2) is 7.37. The highest BCUT2D eigenvalue weighted by atomic mass is 16.6. The van der Waals surface area contributed by atoms with Crippen LogP contribution in [0.1, 0.15) is 63.2 Å². The van der Waals surface area contributed by atoms with Gasteiger partial charge in [0.15, 0.2) is 0 Å². The van der Waals surface area contributed by atoms with Crippen LogP contribution in [0.5, 0.6) is 5.75 Å². The molecule has 1 aromatic carbocycles. The lowest BCUT2D eigenvalue weighted by atomic mass is 9.64. The summed E-state index contributed by atoms with van der Waals surface area (Å²) in [6.45, 7) is 7.38. The molecule has 0 bridgehead atoms. The van der Waals surface area contributed by atoms with Gasteiger partial charge in [-0.05, 0) is 78.0 Å². The number of epoxide rings is 1. The van der Waals surface area contributed by atoms with E-state index in [1.807, 2.05) is 0 Å². The van der Waals surface area contributed by atoms with Crippen LogP contribution in [0.2, 0.25) is 0 Å². The predicted octanol–water partition coefficient (Wildman–Crippen LogP) is 5.79. The van der Waals surface area contributed by atoms with Crippen LogP contribution in [0.3, 0.4) is 0 Å². The summed E-state index contributed by atoms with van der Waals surface area (Å²) >= 11 is 0. The molecule has 3 atom stereocenters. The first-order valence-corrected chi connectivity index (χ1v) is 11.5. The van der Waals surface area contributed by atoms with Gasteiger partial charge in [0.1, 0.15) is 18.0 Å². The molecule has 4 heteroatoms. The third-order valence-electron chi connectivity index (χ3n) is 7.80. The van der Waals surface area contributed by atoms with Gasteiger partial charge in [-0.2, -0.15) is 0 Å². The lowest BCUT2D eigenvalue weighted by molar-refractivity contribution is 0.0536. The Hall–Kier alpha value is -2.33. The van der Waals surface area contributed by atoms with Crippen molar-refractivity contribution in [1.29, 1.82) is 0 Å². The minimum atomic E-state index is -0.308. The van der Waals surface area contributed by atoms with Gasteiger partial charge >= 0.3 is 5.97 Å². The van der Waals surface area contributed by atoms with E-state index in [1.54, 1.807) is 42.5 Å². The quantitative estimate of drug-likeness (QED) is 0.447. The van der Waals surface area contributed by atoms with Gasteiger partial charge in [0.2, 0.25) is 0 Å². The van der Waals surface area contributed by atoms with Crippen molar-refractivity contribution in [1.82, 2.24) is 0 Å². The van der Waals surface area contributed by atoms with Gasteiger partial charge in [-0.15, -0.1) is 0 Å². The zero-order valence-corrected chi connectivity index (χ0v) is 19.0. The van der Waals surface area contributed by atoms with E-state index in [1.165, 1.54) is 24.8 Å². The lowest BCUT2D eigenvalue weighted by Gasteiger charge is -2.39. The Labute approximate surface area is 185 Å². The van der Waals surface area contributed by atoms with Crippen molar-refractivity contribution < 1.29 is 19.0 Å². The molecule has 31 heavy (non-hydrogen) atoms. The van der Waals surface area contributed by atoms with E-state index >= 15 is 0 Å². The largest absolute Gasteiger partial charge is 0.497 e. The fourth-order valence-corrected chi connectivity index (χ4v) is 5.87. The Morgan fingerprint density at radius 3 is 2.65 bits per heavy atom. The van der Waals surface area contributed by atoms with Gasteiger partial charge < -0.3 is 14.2 Å². The molecule has 0 N–H and O–H groups in total. The van der Waals surface area contributed by atoms with Crippen molar-refractivity contribution in [3.63, 3.8) is 0 Å². The summed E-state index contributed by atoms with van der Waals surface area (Å²) in [6, 6.07) is 7.02. The Morgan fingerprint density at radius 1 is 1.16 bits per heavy atom. The summed E-state index contributed by atoms with van der Waals surface area (Å²) in [6.07, 6.45) is 10.3. The number of hydrogen-bond acceptors (Lipinski definition) is 4. The van der Waals surface area contributed by atoms with Gasteiger partial charge in [0.05, 0.1) is 18.8 Å². The Bertz CT molecular complexity index is 997. The van der Waals surface area contributed by atoms with Crippen molar-refractivity contribution in [2.45, 2.75) is 64.6 Å². The highest BCUT2D eigenvalue weighted by Gasteiger charge is 2.64. The number of carbonyl (C=O) groups excluding carboxylic acids is 1. The molecule has 4 aliphatic rings. The predicted molar refractivity (Wildman–Crippen MR) is 120 cm³/mol. The second-order valence-electron chi connectivity index (χ2n) is 10.0. The second-order valence-corrected chi connectivity index (χ2v) is 10.0. The van der Waals surface area contributed by atoms with E-state index in [0.29, 0.717) is 18.1 Å². The smallest absolute Gasteiger partial charge is 0.338 e. The van der Waals surface area contributed by atoms with Crippen molar-refractivity contribution in [3.05, 3.63) is 64.3 Å². The van der Waals surface area contributed by atoms with E-state index in [9.17, 15) is 4.79 Å². The molecule has 0 unspecified atom stereocenters. The summed E-state index contributed by atoms with van der Waals surface area (Å²) in [5, 5.41) is 0. The number of esters is 1. The zero-order chi connectivity index (χ0) is 21.8. The molecule has 164 valence electrons. The number of carbonyl (C=O) groups is 1. The van der Waals surface area contributed by atoms with E-state index in [4.69, 9.17) is 14.2 Å². The number of rotatable bonds is 5. The standard InChI is InChI=1S/C27H32O4/c1-17(2)21-11-12-26(3)13-14-27-22(24(21)26)10-5-18(15-23(27)31-27)16-30-25(28)19-6-8-20(29-4)9-7-19/h5-10,17,23H,11-16H2,1-4H3/t23-,26+,27-/m0/s1. The van der Waals surface area contributed by atoms with Gasteiger partial charge in [0.25, 0.3) is 0 Å². The van der Waals surface area contributed by atoms with Crippen LogP contribution in [0.25, 0.3) is 0 Å². The molecular weight excluding hydrogens is 388 g/mol. The molecule has 5 rings (SSSR count). The first kappa shape index (κ1) is 20.6. The maximum Gasteiger partial charge on any atom is 0.338 e. The molecule has 0 aromatic heterocycles. The monoisotopic (exact) mass is 420 g/mol. The molecule has 1 spiro atoms. The third kappa shape index (κ3) is 3.36. The fourth-order valence-electron chi connectivity index (χ4n) is 5.87. The first-order valence-electron chi connectivity index (χ1n) is 11.5. The van der Waals surface area contributed by atoms with Crippen molar-refractivity contribution in [3.8, 4) is 5.75 Å². The molecular formula is C27H32O4. The molecule has 2 fully saturated rings. The van der Waals surface area contributed by atoms with Crippen molar-refractivity contribution >= 4 is 5.97 Å². The number of hydrogen-bond donors (Lipinski definition) is 0. The minimum absolute atomic E-state index is 0.114. The van der Waals surface area contributed by atoms with Gasteiger partial charge in [-0.25, -0.2) is 4.79 Å². The summed E-state index contributed by atoms with van der Waals surface area (Å²) in [5.41, 5.74) is 6.42. The number of ether oxygens (including phenoxy) is 3. The van der Waals surface area contributed by atoms with E-state index < -0.39 is 0 Å². The van der Waals surface area contributed by atoms with Crippen LogP contribution >= 0.6 is 0 Å². The Balaban J connectivity index is 1.36. The number of fused-ring (bicyclic) bond motifs is 2. The van der Waals surface area contributed by atoms with E-state index in [2.05, 4.69) is 32.9 Å². The summed E-state index contributed by atoms with van der Waals surface area (Å²) in [5.74, 6) is 0.988. The summed E-state index contributed by atoms with van der Waals surface area (Å²) < 4.78 is 17.2. The number of benzene rings is 1. The molecule has 0 radical (unpaired) electrons. The third-order valence-corrected chi connectivity index (χ3v) is 7.80. The van der Waals surface area contributed by atoms with E-state index in [-0.39, 0.29) is 23.1 Å². The van der Waals surface area contributed by atoms with Crippen molar-refractivity contribution in [2.75, 3.05) is 13.7 Å². The molecule has 1 heterocycles. The van der Waals surface area contributed by atoms with Crippen LogP contribution in [-0.2, 0) is 9.47 Å². The molecule has 4 nitrogen and oxygen atoms in total. The van der Waals surface area contributed by atoms with Crippen LogP contribution in [-0.4, -0.2) is 31.4 Å². The molecule has 1 saturated carbocycles. The minimum Gasteiger partial charge on any atom is -0.497 e. The number of methoxy groups -OCH3 is 1. The van der Waals surface area contributed by atoms with Gasteiger partial charge in [0, 0.05) is 6.42 Å². The molecule has 1 saturated heterocycles. The van der Waals surface area contributed by atoms with Gasteiger partial charge in [-0.1, -0.05) is 38.5 Å². The summed E-state index contributed by atoms with van der Waals surface area (Å²) in [7, 11) is 1.61. The molecule has 1 aromatic rings. The highest BCUT2D eigenvalue weighted by Crippen LogP contribution is 2.65. The highest BCUT2D eigenvalue weighted by molar-refractivity contribution is 5.89. The van der Waals surface area contributed by atoms with Crippen molar-refractivity contribution in [2.24, 2.45) is 11.3 Å². The Morgan fingerprint density at radius 2 is 1.94 bits per heavy atom. The van der Waals surface area contributed by atoms with Crippen LogP contribution in [0.15, 0.2) is 58.7 Å². The SMILES string of the molecule is COc1ccc(C(=O)OCC2=CC=C3C4=C(C(C)C)CC[C@]4(C)CC[C@]34O[C@H]4C2)cc1. The zero-order valence-electron chi connectivity index (χ0n) is 19.0. The van der Waals surface area contributed by atoms with Crippen LogP contribution < -0.4 is 4.74 Å². The average Bonchev–Trinajstić information content (AvgIpc) is 3.36.